The van der Waals surface area contributed by atoms with Gasteiger partial charge in [0, 0.05) is 6.07 Å². The maximum atomic E-state index is 11.3. The van der Waals surface area contributed by atoms with Crippen molar-refractivity contribution in [2.24, 2.45) is 0 Å². The Morgan fingerprint density at radius 3 is 2.45 bits per heavy atom. The highest BCUT2D eigenvalue weighted by Crippen LogP contribution is 2.30. The van der Waals surface area contributed by atoms with Gasteiger partial charge in [-0.1, -0.05) is 12.1 Å². The Hall–Kier alpha value is -2.69. The molecule has 0 heterocycles. The van der Waals surface area contributed by atoms with Gasteiger partial charge in [-0.3, -0.25) is 0 Å². The van der Waals surface area contributed by atoms with Gasteiger partial charge in [0.15, 0.2) is 0 Å². The molecule has 0 aliphatic carbocycles. The molecule has 0 aliphatic heterocycles. The first-order valence-corrected chi connectivity index (χ1v) is 5.97. The third kappa shape index (κ3) is 2.83. The molecule has 0 amide bonds. The van der Waals surface area contributed by atoms with Crippen LogP contribution in [0.1, 0.15) is 10.4 Å². The average molecular weight is 273 g/mol. The minimum Gasteiger partial charge on any atom is -0.497 e. The number of nitrogens with one attached hydrogen (secondary N) is 1. The summed E-state index contributed by atoms with van der Waals surface area (Å²) in [6, 6.07) is 12.0. The number of methoxy groups -OCH3 is 2. The van der Waals surface area contributed by atoms with Crippen molar-refractivity contribution in [1.82, 2.24) is 0 Å². The Morgan fingerprint density at radius 1 is 1.05 bits per heavy atom. The van der Waals surface area contributed by atoms with Crippen LogP contribution in [0.3, 0.4) is 0 Å². The van der Waals surface area contributed by atoms with Crippen LogP contribution in [-0.2, 0) is 0 Å². The Labute approximate surface area is 116 Å². The van der Waals surface area contributed by atoms with E-state index >= 15 is 0 Å². The molecule has 0 saturated carbocycles. The van der Waals surface area contributed by atoms with E-state index < -0.39 is 5.97 Å². The second-order valence-electron chi connectivity index (χ2n) is 4.04. The van der Waals surface area contributed by atoms with Gasteiger partial charge in [0.25, 0.3) is 0 Å². The third-order valence-corrected chi connectivity index (χ3v) is 2.83. The van der Waals surface area contributed by atoms with Crippen molar-refractivity contribution in [2.45, 2.75) is 0 Å². The maximum Gasteiger partial charge on any atom is 0.337 e. The first-order chi connectivity index (χ1) is 9.65. The van der Waals surface area contributed by atoms with Crippen molar-refractivity contribution in [3.63, 3.8) is 0 Å². The van der Waals surface area contributed by atoms with E-state index in [2.05, 4.69) is 5.32 Å². The minimum atomic E-state index is -1.01. The number of anilines is 2. The molecule has 0 radical (unpaired) electrons. The number of aromatic carboxylic acids is 1. The van der Waals surface area contributed by atoms with E-state index in [9.17, 15) is 9.90 Å². The lowest BCUT2D eigenvalue weighted by molar-refractivity contribution is 0.0698. The van der Waals surface area contributed by atoms with E-state index in [0.29, 0.717) is 22.9 Å². The van der Waals surface area contributed by atoms with E-state index in [1.54, 1.807) is 25.3 Å². The van der Waals surface area contributed by atoms with Crippen molar-refractivity contribution in [3.8, 4) is 11.5 Å². The van der Waals surface area contributed by atoms with Crippen molar-refractivity contribution < 1.29 is 19.4 Å². The van der Waals surface area contributed by atoms with E-state index in [4.69, 9.17) is 9.47 Å². The van der Waals surface area contributed by atoms with Gasteiger partial charge >= 0.3 is 5.97 Å². The molecule has 0 bridgehead atoms. The lowest BCUT2D eigenvalue weighted by Gasteiger charge is -2.13. The van der Waals surface area contributed by atoms with Gasteiger partial charge in [-0.05, 0) is 24.3 Å². The molecule has 2 rings (SSSR count). The second-order valence-corrected chi connectivity index (χ2v) is 4.04. The van der Waals surface area contributed by atoms with E-state index in [0.717, 1.165) is 0 Å². The Morgan fingerprint density at radius 2 is 1.80 bits per heavy atom. The monoisotopic (exact) mass is 273 g/mol. The molecule has 0 unspecified atom stereocenters. The summed E-state index contributed by atoms with van der Waals surface area (Å²) in [5.74, 6) is 0.198. The van der Waals surface area contributed by atoms with Gasteiger partial charge in [0.05, 0.1) is 31.2 Å². The SMILES string of the molecule is COc1ccc(C(=O)O)c(Nc2ccccc2OC)c1. The van der Waals surface area contributed by atoms with Crippen LogP contribution in [0.25, 0.3) is 0 Å². The molecule has 2 aromatic rings. The van der Waals surface area contributed by atoms with Crippen LogP contribution in [0.2, 0.25) is 0 Å². The van der Waals surface area contributed by atoms with E-state index in [1.165, 1.54) is 13.2 Å². The molecule has 5 heteroatoms. The zero-order chi connectivity index (χ0) is 14.5. The molecule has 0 atom stereocenters. The van der Waals surface area contributed by atoms with Crippen LogP contribution in [0.5, 0.6) is 11.5 Å². The highest BCUT2D eigenvalue weighted by molar-refractivity contribution is 5.95. The fourth-order valence-electron chi connectivity index (χ4n) is 1.83. The standard InChI is InChI=1S/C15H15NO4/c1-19-10-7-8-11(15(17)18)13(9-10)16-12-5-3-4-6-14(12)20-2/h3-9,16H,1-2H3,(H,17,18). The lowest BCUT2D eigenvalue weighted by atomic mass is 10.1. The Kier molecular flexibility index (Phi) is 4.10. The smallest absolute Gasteiger partial charge is 0.337 e. The molecule has 20 heavy (non-hydrogen) atoms. The number of carboxylic acids is 1. The predicted molar refractivity (Wildman–Crippen MR) is 76.2 cm³/mol. The number of para-hydroxylation sites is 2. The maximum absolute atomic E-state index is 11.3. The summed E-state index contributed by atoms with van der Waals surface area (Å²) in [6.07, 6.45) is 0. The second kappa shape index (κ2) is 5.97. The van der Waals surface area contributed by atoms with Crippen molar-refractivity contribution in [3.05, 3.63) is 48.0 Å². The van der Waals surface area contributed by atoms with Crippen molar-refractivity contribution >= 4 is 17.3 Å². The quantitative estimate of drug-likeness (QED) is 0.876. The highest BCUT2D eigenvalue weighted by atomic mass is 16.5. The molecule has 2 aromatic carbocycles. The molecule has 0 fully saturated rings. The largest absolute Gasteiger partial charge is 0.497 e. The normalized spacial score (nSPS) is 9.90. The summed E-state index contributed by atoms with van der Waals surface area (Å²) >= 11 is 0. The number of benzene rings is 2. The van der Waals surface area contributed by atoms with E-state index in [1.807, 2.05) is 18.2 Å². The zero-order valence-electron chi connectivity index (χ0n) is 11.2. The number of rotatable bonds is 5. The van der Waals surface area contributed by atoms with Crippen LogP contribution >= 0.6 is 0 Å². The Bertz CT molecular complexity index is 625. The summed E-state index contributed by atoms with van der Waals surface area (Å²) in [5, 5.41) is 12.3. The predicted octanol–water partition coefficient (Wildman–Crippen LogP) is 3.15. The van der Waals surface area contributed by atoms with Crippen LogP contribution in [0.4, 0.5) is 11.4 Å². The van der Waals surface area contributed by atoms with Gasteiger partial charge in [0.1, 0.15) is 11.5 Å². The van der Waals surface area contributed by atoms with Crippen molar-refractivity contribution in [2.75, 3.05) is 19.5 Å². The van der Waals surface area contributed by atoms with Crippen LogP contribution < -0.4 is 14.8 Å². The number of carbonyl (C=O) groups is 1. The topological polar surface area (TPSA) is 67.8 Å². The van der Waals surface area contributed by atoms with Crippen molar-refractivity contribution in [1.29, 1.82) is 0 Å². The highest BCUT2D eigenvalue weighted by Gasteiger charge is 2.12. The summed E-state index contributed by atoms with van der Waals surface area (Å²) in [7, 11) is 3.09. The van der Waals surface area contributed by atoms with Gasteiger partial charge in [-0.15, -0.1) is 0 Å². The molecule has 104 valence electrons. The molecule has 0 aromatic heterocycles. The fourth-order valence-corrected chi connectivity index (χ4v) is 1.83. The summed E-state index contributed by atoms with van der Waals surface area (Å²) < 4.78 is 10.4. The summed E-state index contributed by atoms with van der Waals surface area (Å²) in [5.41, 5.74) is 1.30. The molecule has 5 nitrogen and oxygen atoms in total. The van der Waals surface area contributed by atoms with Crippen LogP contribution in [-0.4, -0.2) is 25.3 Å². The molecule has 0 aliphatic rings. The molecule has 0 spiro atoms. The van der Waals surface area contributed by atoms with E-state index in [-0.39, 0.29) is 5.56 Å². The lowest BCUT2D eigenvalue weighted by Crippen LogP contribution is -2.04. The minimum absolute atomic E-state index is 0.164. The number of ether oxygens (including phenoxy) is 2. The van der Waals surface area contributed by atoms with Gasteiger partial charge in [-0.2, -0.15) is 0 Å². The number of hydrogen-bond acceptors (Lipinski definition) is 4. The summed E-state index contributed by atoms with van der Waals surface area (Å²) in [6.45, 7) is 0. The molecular formula is C15H15NO4. The van der Waals surface area contributed by atoms with Gasteiger partial charge in [0.2, 0.25) is 0 Å². The average Bonchev–Trinajstić information content (AvgIpc) is 2.47. The number of hydrogen-bond donors (Lipinski definition) is 2. The van der Waals surface area contributed by atoms with Gasteiger partial charge in [-0.25, -0.2) is 4.79 Å². The molecule has 0 saturated heterocycles. The van der Waals surface area contributed by atoms with Crippen LogP contribution in [0.15, 0.2) is 42.5 Å². The first-order valence-electron chi connectivity index (χ1n) is 5.97. The Balaban J connectivity index is 2.43. The number of carboxylic acid groups (broad SMARTS) is 1. The third-order valence-electron chi connectivity index (χ3n) is 2.83. The first kappa shape index (κ1) is 13.7. The molecular weight excluding hydrogens is 258 g/mol. The van der Waals surface area contributed by atoms with Crippen LogP contribution in [0, 0.1) is 0 Å². The molecule has 2 N–H and O–H groups in total. The fraction of sp³-hybridized carbons (Fsp3) is 0.133. The zero-order valence-corrected chi connectivity index (χ0v) is 11.2. The van der Waals surface area contributed by atoms with Gasteiger partial charge < -0.3 is 19.9 Å². The summed E-state index contributed by atoms with van der Waals surface area (Å²) in [4.78, 5) is 11.3.